The number of nitrogens with zero attached hydrogens (tertiary/aromatic N) is 2. The molecule has 0 N–H and O–H groups in total. The molecule has 1 aromatic heterocycles. The first-order valence-corrected chi connectivity index (χ1v) is 15.4. The van der Waals surface area contributed by atoms with Crippen molar-refractivity contribution in [3.63, 3.8) is 0 Å². The molecule has 6 aromatic rings. The van der Waals surface area contributed by atoms with E-state index in [0.29, 0.717) is 11.8 Å². The van der Waals surface area contributed by atoms with Crippen molar-refractivity contribution < 1.29 is 0 Å². The van der Waals surface area contributed by atoms with Gasteiger partial charge in [-0.1, -0.05) is 104 Å². The van der Waals surface area contributed by atoms with Crippen LogP contribution in [0.4, 0.5) is 11.4 Å². The van der Waals surface area contributed by atoms with Crippen molar-refractivity contribution in [2.75, 3.05) is 4.90 Å². The van der Waals surface area contributed by atoms with Crippen LogP contribution in [0.25, 0.3) is 39.1 Å². The van der Waals surface area contributed by atoms with Crippen molar-refractivity contribution in [3.8, 4) is 5.69 Å². The summed E-state index contributed by atoms with van der Waals surface area (Å²) in [6, 6.07) is 42.8. The highest BCUT2D eigenvalue weighted by Gasteiger charge is 2.38. The Labute approximate surface area is 252 Å². The maximum Gasteiger partial charge on any atom is 0.0630 e. The summed E-state index contributed by atoms with van der Waals surface area (Å²) >= 11 is 0. The van der Waals surface area contributed by atoms with Gasteiger partial charge in [-0.3, -0.25) is 0 Å². The van der Waals surface area contributed by atoms with E-state index in [-0.39, 0.29) is 6.04 Å². The fourth-order valence-corrected chi connectivity index (χ4v) is 7.61. The molecule has 206 valence electrons. The van der Waals surface area contributed by atoms with Crippen LogP contribution in [0.1, 0.15) is 35.1 Å². The normalized spacial score (nSPS) is 20.3. The third-order valence-electron chi connectivity index (χ3n) is 9.63. The number of hydrogen-bond donors (Lipinski definition) is 0. The second-order valence-electron chi connectivity index (χ2n) is 12.3. The predicted octanol–water partition coefficient (Wildman–Crippen LogP) is 10.2. The molecule has 43 heavy (non-hydrogen) atoms. The predicted molar refractivity (Wildman–Crippen MR) is 181 cm³/mol. The highest BCUT2D eigenvalue weighted by Crippen LogP contribution is 2.49. The summed E-state index contributed by atoms with van der Waals surface area (Å²) in [5.41, 5.74) is 13.0. The Morgan fingerprint density at radius 3 is 2.40 bits per heavy atom. The van der Waals surface area contributed by atoms with Gasteiger partial charge < -0.3 is 9.47 Å². The van der Waals surface area contributed by atoms with E-state index in [1.807, 2.05) is 0 Å². The SMILES string of the molecule is CC1C=Cc2cc(-n3c4ccccc4c4cc(C5=CC6c7ccccc7N(c7ccccc7)C6C=C5)ccc43)ccc2C1. The molecule has 0 fully saturated rings. The van der Waals surface area contributed by atoms with Crippen molar-refractivity contribution in [1.29, 1.82) is 0 Å². The van der Waals surface area contributed by atoms with E-state index < -0.39 is 0 Å². The van der Waals surface area contributed by atoms with Crippen molar-refractivity contribution in [1.82, 2.24) is 4.57 Å². The van der Waals surface area contributed by atoms with Gasteiger partial charge in [-0.25, -0.2) is 0 Å². The minimum absolute atomic E-state index is 0.273. The van der Waals surface area contributed by atoms with Gasteiger partial charge in [0.2, 0.25) is 0 Å². The van der Waals surface area contributed by atoms with Crippen LogP contribution in [-0.4, -0.2) is 10.6 Å². The lowest BCUT2D eigenvalue weighted by atomic mass is 9.86. The molecule has 0 spiro atoms. The maximum atomic E-state index is 2.50. The first-order chi connectivity index (χ1) is 21.2. The summed E-state index contributed by atoms with van der Waals surface area (Å²) in [6.45, 7) is 2.29. The molecule has 0 saturated heterocycles. The number of hydrogen-bond acceptors (Lipinski definition) is 1. The lowest BCUT2D eigenvalue weighted by molar-refractivity contribution is 0.717. The van der Waals surface area contributed by atoms with Gasteiger partial charge >= 0.3 is 0 Å². The summed E-state index contributed by atoms with van der Waals surface area (Å²) in [4.78, 5) is 2.50. The largest absolute Gasteiger partial charge is 0.333 e. The van der Waals surface area contributed by atoms with Gasteiger partial charge in [0.25, 0.3) is 0 Å². The Balaban J connectivity index is 1.16. The van der Waals surface area contributed by atoms with E-state index in [4.69, 9.17) is 0 Å². The molecule has 3 aliphatic rings. The zero-order valence-electron chi connectivity index (χ0n) is 24.2. The second-order valence-corrected chi connectivity index (χ2v) is 12.3. The van der Waals surface area contributed by atoms with Gasteiger partial charge in [-0.2, -0.15) is 0 Å². The minimum Gasteiger partial charge on any atom is -0.333 e. The smallest absolute Gasteiger partial charge is 0.0630 e. The molecular weight excluding hydrogens is 520 g/mol. The van der Waals surface area contributed by atoms with Gasteiger partial charge in [0, 0.05) is 33.8 Å². The van der Waals surface area contributed by atoms with Crippen molar-refractivity contribution in [2.45, 2.75) is 25.3 Å². The number of aromatic nitrogens is 1. The summed E-state index contributed by atoms with van der Waals surface area (Å²) in [7, 11) is 0. The molecule has 0 bridgehead atoms. The van der Waals surface area contributed by atoms with Crippen LogP contribution >= 0.6 is 0 Å². The monoisotopic (exact) mass is 552 g/mol. The molecule has 3 atom stereocenters. The fraction of sp³-hybridized carbons (Fsp3) is 0.122. The molecule has 9 rings (SSSR count). The lowest BCUT2D eigenvalue weighted by Crippen LogP contribution is -2.28. The molecule has 2 aliphatic carbocycles. The summed E-state index contributed by atoms with van der Waals surface area (Å²) in [5.74, 6) is 0.905. The average molecular weight is 553 g/mol. The zero-order chi connectivity index (χ0) is 28.5. The number of anilines is 2. The first-order valence-electron chi connectivity index (χ1n) is 15.4. The quantitative estimate of drug-likeness (QED) is 0.212. The molecule has 2 heterocycles. The standard InChI is InChI=1S/C41H32N2/c1-27-15-16-29-24-33(20-17-28(29)23-27)43-39-14-8-6-12-35(39)37-26-31(19-22-41(37)43)30-18-21-40-36(25-30)34-11-5-7-13-38(34)42(40)32-9-3-2-4-10-32/h2-22,24-27,36,40H,23H2,1H3. The van der Waals surface area contributed by atoms with Gasteiger partial charge in [-0.15, -0.1) is 0 Å². The highest BCUT2D eigenvalue weighted by molar-refractivity contribution is 6.10. The fourth-order valence-electron chi connectivity index (χ4n) is 7.61. The Kier molecular flexibility index (Phi) is 5.40. The second kappa shape index (κ2) is 9.47. The molecule has 0 saturated carbocycles. The lowest BCUT2D eigenvalue weighted by Gasteiger charge is -2.29. The Morgan fingerprint density at radius 1 is 0.651 bits per heavy atom. The Bertz CT molecular complexity index is 2140. The van der Waals surface area contributed by atoms with E-state index in [0.717, 1.165) is 6.42 Å². The number of benzene rings is 5. The Hall–Kier alpha value is -5.08. The minimum atomic E-state index is 0.273. The molecule has 2 nitrogen and oxygen atoms in total. The van der Waals surface area contributed by atoms with Crippen molar-refractivity contribution >= 4 is 44.8 Å². The van der Waals surface area contributed by atoms with Gasteiger partial charge in [0.1, 0.15) is 0 Å². The van der Waals surface area contributed by atoms with Gasteiger partial charge in [0.05, 0.1) is 17.1 Å². The van der Waals surface area contributed by atoms with E-state index in [1.165, 1.54) is 66.7 Å². The van der Waals surface area contributed by atoms with E-state index in [1.54, 1.807) is 0 Å². The molecule has 0 radical (unpaired) electrons. The maximum absolute atomic E-state index is 2.50. The molecular formula is C41H32N2. The van der Waals surface area contributed by atoms with Gasteiger partial charge in [0.15, 0.2) is 0 Å². The summed E-state index contributed by atoms with van der Waals surface area (Å²) < 4.78 is 2.44. The van der Waals surface area contributed by atoms with E-state index in [2.05, 4.69) is 162 Å². The third-order valence-corrected chi connectivity index (χ3v) is 9.63. The molecule has 3 unspecified atom stereocenters. The summed E-state index contributed by atoms with van der Waals surface area (Å²) in [6.07, 6.45) is 13.0. The molecule has 5 aromatic carbocycles. The molecule has 0 amide bonds. The third kappa shape index (κ3) is 3.79. The zero-order valence-corrected chi connectivity index (χ0v) is 24.2. The van der Waals surface area contributed by atoms with E-state index >= 15 is 0 Å². The molecule has 1 aliphatic heterocycles. The topological polar surface area (TPSA) is 8.17 Å². The summed E-state index contributed by atoms with van der Waals surface area (Å²) in [5, 5.41) is 2.59. The number of rotatable bonds is 3. The molecule has 2 heteroatoms. The van der Waals surface area contributed by atoms with Crippen LogP contribution < -0.4 is 4.90 Å². The van der Waals surface area contributed by atoms with Crippen LogP contribution in [0.15, 0.2) is 140 Å². The van der Waals surface area contributed by atoms with E-state index in [9.17, 15) is 0 Å². The average Bonchev–Trinajstić information content (AvgIpc) is 3.57. The van der Waals surface area contributed by atoms with Crippen molar-refractivity contribution in [3.05, 3.63) is 162 Å². The van der Waals surface area contributed by atoms with Gasteiger partial charge in [-0.05, 0) is 88.7 Å². The highest BCUT2D eigenvalue weighted by atomic mass is 15.2. The van der Waals surface area contributed by atoms with Crippen LogP contribution in [0, 0.1) is 5.92 Å². The first kappa shape index (κ1) is 24.5. The van der Waals surface area contributed by atoms with Crippen LogP contribution in [0.5, 0.6) is 0 Å². The Morgan fingerprint density at radius 2 is 1.47 bits per heavy atom. The number of para-hydroxylation sites is 3. The van der Waals surface area contributed by atoms with Crippen LogP contribution in [-0.2, 0) is 6.42 Å². The van der Waals surface area contributed by atoms with Crippen molar-refractivity contribution in [2.24, 2.45) is 5.92 Å². The number of allylic oxidation sites excluding steroid dienone is 3. The van der Waals surface area contributed by atoms with Crippen LogP contribution in [0.2, 0.25) is 0 Å². The number of fused-ring (bicyclic) bond motifs is 7. The van der Waals surface area contributed by atoms with Crippen LogP contribution in [0.3, 0.4) is 0 Å².